The molecule has 0 bridgehead atoms. The largest absolute Gasteiger partial charge is 0.505 e. The van der Waals surface area contributed by atoms with Crippen molar-refractivity contribution in [1.82, 2.24) is 20.6 Å². The number of carbonyl (C=O) groups excluding carboxylic acids is 2. The van der Waals surface area contributed by atoms with E-state index in [9.17, 15) is 19.8 Å². The summed E-state index contributed by atoms with van der Waals surface area (Å²) in [5.41, 5.74) is 4.22. The topological polar surface area (TPSA) is 171 Å². The summed E-state index contributed by atoms with van der Waals surface area (Å²) in [6.45, 7) is 5.99. The molecule has 0 aliphatic rings. The molecule has 2 aromatic heterocycles. The fourth-order valence-electron chi connectivity index (χ4n) is 7.57. The van der Waals surface area contributed by atoms with Crippen molar-refractivity contribution in [2.75, 3.05) is 34.5 Å². The van der Waals surface area contributed by atoms with E-state index in [4.69, 9.17) is 46.9 Å². The van der Waals surface area contributed by atoms with Gasteiger partial charge >= 0.3 is 0 Å². The summed E-state index contributed by atoms with van der Waals surface area (Å²) in [5.74, 6) is 2.21. The minimum absolute atomic E-state index is 0.0273. The summed E-state index contributed by atoms with van der Waals surface area (Å²) < 4.78 is 27.1. The van der Waals surface area contributed by atoms with Crippen LogP contribution in [-0.2, 0) is 15.0 Å². The van der Waals surface area contributed by atoms with Crippen LogP contribution in [0.5, 0.6) is 40.2 Å². The Hall–Kier alpha value is -7.74. The second kappa shape index (κ2) is 22.6. The first-order chi connectivity index (χ1) is 33.7. The van der Waals surface area contributed by atoms with Gasteiger partial charge in [0.1, 0.15) is 51.3 Å². The normalized spacial score (nSPS) is 11.9. The number of ether oxygens (including phenoxy) is 5. The van der Waals surface area contributed by atoms with E-state index < -0.39 is 12.1 Å². The minimum Gasteiger partial charge on any atom is -0.505 e. The molecule has 0 aliphatic carbocycles. The third-order valence-corrected chi connectivity index (χ3v) is 11.9. The van der Waals surface area contributed by atoms with Gasteiger partial charge in [0, 0.05) is 40.4 Å². The number of methoxy groups -OCH3 is 3. The highest BCUT2D eigenvalue weighted by Crippen LogP contribution is 2.40. The number of hydrogen-bond acceptors (Lipinski definition) is 11. The molecular formula is C55H52Cl2N4O9. The number of aromatic nitrogens is 2. The van der Waals surface area contributed by atoms with Gasteiger partial charge < -0.3 is 44.5 Å². The van der Waals surface area contributed by atoms with Crippen LogP contribution in [0, 0.1) is 0 Å². The van der Waals surface area contributed by atoms with Crippen molar-refractivity contribution in [2.24, 2.45) is 0 Å². The molecule has 2 heterocycles. The summed E-state index contributed by atoms with van der Waals surface area (Å²) in [4.78, 5) is 34.4. The first kappa shape index (κ1) is 50.1. The molecule has 4 N–H and O–H groups in total. The Morgan fingerprint density at radius 2 is 0.957 bits per heavy atom. The highest BCUT2D eigenvalue weighted by molar-refractivity contribution is 6.36. The van der Waals surface area contributed by atoms with E-state index in [1.807, 2.05) is 48.5 Å². The number of aromatic hydroxyl groups is 2. The molecule has 15 heteroatoms. The summed E-state index contributed by atoms with van der Waals surface area (Å²) in [6.07, 6.45) is 3.16. The van der Waals surface area contributed by atoms with Crippen LogP contribution in [-0.4, -0.2) is 66.5 Å². The number of hydrogen-bond donors (Lipinski definition) is 4. The highest BCUT2D eigenvalue weighted by atomic mass is 35.5. The second-order valence-electron chi connectivity index (χ2n) is 17.0. The van der Waals surface area contributed by atoms with Crippen LogP contribution in [0.25, 0.3) is 21.8 Å². The maximum atomic E-state index is 13.0. The van der Waals surface area contributed by atoms with Crippen LogP contribution in [0.1, 0.15) is 60.7 Å². The lowest BCUT2D eigenvalue weighted by atomic mass is 9.87. The lowest BCUT2D eigenvalue weighted by Gasteiger charge is -2.22. The molecular weight excluding hydrogens is 932 g/mol. The van der Waals surface area contributed by atoms with Crippen molar-refractivity contribution >= 4 is 56.8 Å². The molecule has 2 atom stereocenters. The number of pyridine rings is 2. The number of phenols is 2. The van der Waals surface area contributed by atoms with Crippen LogP contribution in [0.3, 0.4) is 0 Å². The molecule has 8 aromatic rings. The minimum atomic E-state index is -0.712. The predicted octanol–water partition coefficient (Wildman–Crippen LogP) is 11.1. The van der Waals surface area contributed by atoms with E-state index in [2.05, 4.69) is 41.4 Å². The van der Waals surface area contributed by atoms with Gasteiger partial charge in [-0.05, 0) is 107 Å². The van der Waals surface area contributed by atoms with Gasteiger partial charge in [-0.1, -0.05) is 86.4 Å². The first-order valence-electron chi connectivity index (χ1n) is 22.1. The Kier molecular flexibility index (Phi) is 16.2. The zero-order chi connectivity index (χ0) is 50.0. The number of halogens is 2. The predicted molar refractivity (Wildman–Crippen MR) is 272 cm³/mol. The maximum absolute atomic E-state index is 13.0. The summed E-state index contributed by atoms with van der Waals surface area (Å²) in [7, 11) is 4.71. The van der Waals surface area contributed by atoms with Crippen molar-refractivity contribution in [3.63, 3.8) is 0 Å². The molecule has 70 heavy (non-hydrogen) atoms. The van der Waals surface area contributed by atoms with Crippen molar-refractivity contribution in [3.05, 3.63) is 184 Å². The van der Waals surface area contributed by atoms with Gasteiger partial charge in [-0.3, -0.25) is 19.6 Å². The molecule has 0 fully saturated rings. The molecule has 0 spiro atoms. The number of benzene rings is 6. The Balaban J connectivity index is 0.000000207. The quantitative estimate of drug-likeness (QED) is 0.0771. The summed E-state index contributed by atoms with van der Waals surface area (Å²) in [6, 6.07) is 38.0. The molecule has 0 aliphatic heterocycles. The standard InChI is InChI=1S/C29H29ClN2O4.C26H23ClN2O5/c1-29(2,3)19-9-13-21(14-10-19)36-17-25(33)32-26(18-7-11-20(35-4)12-8-18)23-16-24(30)22-6-5-15-31-27(22)28(23)34;1-32-17-10-8-16(9-11-17)24(21-14-22(27)20-7-4-12-28-25(20)26(21)31)29-23(30)15-34-19-6-3-5-18(13-19)33-2/h5-16,26,34H,17H2,1-4H3,(H,32,33);3-14,24,31H,15H2,1-2H3,(H,29,30). The van der Waals surface area contributed by atoms with Gasteiger partial charge in [-0.25, -0.2) is 0 Å². The Morgan fingerprint density at radius 3 is 1.39 bits per heavy atom. The SMILES string of the molecule is COc1ccc(C(NC(=O)COc2ccc(C(C)(C)C)cc2)c2cc(Cl)c3cccnc3c2O)cc1.COc1ccc(C(NC(=O)COc2cccc(OC)c2)c2cc(Cl)c3cccnc3c2O)cc1. The number of nitrogens with zero attached hydrogens (tertiary/aromatic N) is 2. The number of nitrogens with one attached hydrogen (secondary N) is 2. The smallest absolute Gasteiger partial charge is 0.258 e. The molecule has 0 saturated heterocycles. The van der Waals surface area contributed by atoms with Gasteiger partial charge in [-0.15, -0.1) is 0 Å². The van der Waals surface area contributed by atoms with Gasteiger partial charge in [-0.2, -0.15) is 0 Å². The molecule has 8 rings (SSSR count). The first-order valence-corrected chi connectivity index (χ1v) is 22.8. The van der Waals surface area contributed by atoms with Crippen LogP contribution in [0.2, 0.25) is 10.0 Å². The molecule has 6 aromatic carbocycles. The van der Waals surface area contributed by atoms with Gasteiger partial charge in [0.15, 0.2) is 13.2 Å². The highest BCUT2D eigenvalue weighted by Gasteiger charge is 2.26. The fraction of sp³-hybridized carbons (Fsp3) is 0.200. The van der Waals surface area contributed by atoms with Gasteiger partial charge in [0.2, 0.25) is 0 Å². The summed E-state index contributed by atoms with van der Waals surface area (Å²) >= 11 is 13.0. The van der Waals surface area contributed by atoms with E-state index in [0.29, 0.717) is 71.7 Å². The zero-order valence-corrected chi connectivity index (χ0v) is 40.8. The maximum Gasteiger partial charge on any atom is 0.258 e. The van der Waals surface area contributed by atoms with E-state index in [-0.39, 0.29) is 41.9 Å². The van der Waals surface area contributed by atoms with Crippen LogP contribution < -0.4 is 34.3 Å². The van der Waals surface area contributed by atoms with E-state index >= 15 is 0 Å². The number of amides is 2. The van der Waals surface area contributed by atoms with E-state index in [0.717, 1.165) is 11.1 Å². The Morgan fingerprint density at radius 1 is 0.543 bits per heavy atom. The van der Waals surface area contributed by atoms with Crippen LogP contribution >= 0.6 is 23.2 Å². The number of fused-ring (bicyclic) bond motifs is 2. The molecule has 0 radical (unpaired) electrons. The average molecular weight is 984 g/mol. The molecule has 2 unspecified atom stereocenters. The van der Waals surface area contributed by atoms with Gasteiger partial charge in [0.05, 0.1) is 43.5 Å². The Labute approximate surface area is 415 Å². The van der Waals surface area contributed by atoms with E-state index in [1.165, 1.54) is 5.56 Å². The number of phenolic OH excluding ortho intramolecular Hbond substituents is 2. The number of rotatable bonds is 15. The fourth-order valence-corrected chi connectivity index (χ4v) is 8.11. The number of carbonyl (C=O) groups is 2. The van der Waals surface area contributed by atoms with Crippen LogP contribution in [0.4, 0.5) is 0 Å². The van der Waals surface area contributed by atoms with Gasteiger partial charge in [0.25, 0.3) is 11.8 Å². The van der Waals surface area contributed by atoms with Crippen molar-refractivity contribution in [1.29, 1.82) is 0 Å². The lowest BCUT2D eigenvalue weighted by Crippen LogP contribution is -2.33. The average Bonchev–Trinajstić information content (AvgIpc) is 3.38. The monoisotopic (exact) mass is 982 g/mol. The third kappa shape index (κ3) is 12.1. The molecule has 0 saturated carbocycles. The molecule has 13 nitrogen and oxygen atoms in total. The second-order valence-corrected chi connectivity index (χ2v) is 17.8. The Bertz CT molecular complexity index is 3090. The molecule has 2 amide bonds. The molecule has 360 valence electrons. The van der Waals surface area contributed by atoms with Crippen molar-refractivity contribution in [3.8, 4) is 40.2 Å². The van der Waals surface area contributed by atoms with E-state index in [1.54, 1.807) is 119 Å². The van der Waals surface area contributed by atoms with Crippen LogP contribution in [0.15, 0.2) is 146 Å². The zero-order valence-electron chi connectivity index (χ0n) is 39.3. The summed E-state index contributed by atoms with van der Waals surface area (Å²) in [5, 5.41) is 30.1. The van der Waals surface area contributed by atoms with Crippen molar-refractivity contribution in [2.45, 2.75) is 38.3 Å². The lowest BCUT2D eigenvalue weighted by molar-refractivity contribution is -0.124. The third-order valence-electron chi connectivity index (χ3n) is 11.3. The van der Waals surface area contributed by atoms with Crippen molar-refractivity contribution < 1.29 is 43.5 Å².